The molecule has 0 N–H and O–H groups in total. The molecule has 13 rings (SSSR count). The van der Waals surface area contributed by atoms with Crippen LogP contribution in [0.25, 0.3) is 60.2 Å². The Bertz CT molecular complexity index is 4070. The summed E-state index contributed by atoms with van der Waals surface area (Å²) in [6.07, 6.45) is 0. The van der Waals surface area contributed by atoms with Gasteiger partial charge in [-0.25, -0.2) is 0 Å². The molecule has 4 nitrogen and oxygen atoms in total. The second-order valence-electron chi connectivity index (χ2n) is 25.1. The minimum Gasteiger partial charge on any atom is -0.456 e. The van der Waals surface area contributed by atoms with Crippen molar-refractivity contribution >= 4 is 112 Å². The normalized spacial score (nSPS) is 13.9. The molecule has 0 aliphatic carbocycles. The fraction of sp³-hybridized carbons (Fsp3) is 0.235. The molecule has 0 unspecified atom stereocenters. The quantitative estimate of drug-likeness (QED) is 0.165. The van der Waals surface area contributed by atoms with E-state index < -0.39 is 0 Å². The maximum absolute atomic E-state index is 7.19. The van der Waals surface area contributed by atoms with Gasteiger partial charge in [-0.1, -0.05) is 180 Å². The van der Waals surface area contributed by atoms with Gasteiger partial charge >= 0.3 is 0 Å². The van der Waals surface area contributed by atoms with Crippen LogP contribution in [0.5, 0.6) is 0 Å². The molecule has 0 saturated heterocycles. The van der Waals surface area contributed by atoms with Gasteiger partial charge in [-0.2, -0.15) is 0 Å². The number of hydrogen-bond donors (Lipinski definition) is 0. The Labute approximate surface area is 431 Å². The Morgan fingerprint density at radius 3 is 1.53 bits per heavy atom. The van der Waals surface area contributed by atoms with Gasteiger partial charge in [-0.3, -0.25) is 0 Å². The maximum atomic E-state index is 7.19. The van der Waals surface area contributed by atoms with Gasteiger partial charge in [-0.05, 0) is 144 Å². The van der Waals surface area contributed by atoms with Crippen molar-refractivity contribution in [2.75, 3.05) is 9.80 Å². The zero-order valence-corrected chi connectivity index (χ0v) is 44.5. The molecule has 9 aromatic carbocycles. The topological polar surface area (TPSA) is 24.6 Å². The van der Waals surface area contributed by atoms with E-state index >= 15 is 0 Å². The summed E-state index contributed by atoms with van der Waals surface area (Å²) in [5.74, 6) is 0. The predicted molar refractivity (Wildman–Crippen MR) is 314 cm³/mol. The highest BCUT2D eigenvalue weighted by Gasteiger charge is 2.47. The van der Waals surface area contributed by atoms with E-state index in [1.807, 2.05) is 0 Å². The van der Waals surface area contributed by atoms with Crippen LogP contribution in [0.4, 0.5) is 34.1 Å². The second kappa shape index (κ2) is 15.5. The molecular formula is C68H64BN3O. The fourth-order valence-corrected chi connectivity index (χ4v) is 12.1. The number of rotatable bonds is 3. The molecule has 2 aliphatic heterocycles. The molecule has 0 saturated carbocycles. The molecule has 0 bridgehead atoms. The Balaban J connectivity index is 1.25. The van der Waals surface area contributed by atoms with Crippen molar-refractivity contribution < 1.29 is 4.42 Å². The largest absolute Gasteiger partial charge is 0.456 e. The van der Waals surface area contributed by atoms with Gasteiger partial charge < -0.3 is 18.8 Å². The summed E-state index contributed by atoms with van der Waals surface area (Å²) >= 11 is 0. The molecule has 5 heteroatoms. The first-order valence-corrected chi connectivity index (χ1v) is 26.3. The highest BCUT2D eigenvalue weighted by atomic mass is 16.3. The summed E-state index contributed by atoms with van der Waals surface area (Å²) in [5.41, 5.74) is 21.0. The van der Waals surface area contributed by atoms with Crippen molar-refractivity contribution in [3.05, 3.63) is 192 Å². The first-order valence-electron chi connectivity index (χ1n) is 26.3. The molecular weight excluding hydrogens is 886 g/mol. The number of para-hydroxylation sites is 2. The van der Waals surface area contributed by atoms with Crippen LogP contribution in [-0.2, 0) is 21.7 Å². The van der Waals surface area contributed by atoms with E-state index in [1.165, 1.54) is 88.5 Å². The lowest BCUT2D eigenvalue weighted by molar-refractivity contribution is 0.589. The van der Waals surface area contributed by atoms with Crippen molar-refractivity contribution in [1.29, 1.82) is 0 Å². The van der Waals surface area contributed by atoms with E-state index in [2.05, 4.69) is 267 Å². The van der Waals surface area contributed by atoms with E-state index in [-0.39, 0.29) is 28.4 Å². The van der Waals surface area contributed by atoms with Crippen molar-refractivity contribution in [3.63, 3.8) is 0 Å². The number of fused-ring (bicyclic) bond motifs is 11. The summed E-state index contributed by atoms with van der Waals surface area (Å²) in [6, 6.07) is 64.9. The standard InChI is InChI=1S/C68H64BN3O/c1-65(2,3)43-25-30-47(31-26-43)70-55-34-29-45(67(7,8)9)37-52(55)69-53-40-60-61(50-22-16-18-24-59(50)73-60)64(72-54-23-17-15-21-49(54)51-35-41-19-13-14-20-42(41)36-56(51)72)63(53)71(48-32-27-44(28-33-48)66(4,5)6)58-39-46(68(10,11)12)38-57(70)62(58)69/h13-40H,1-12H3. The van der Waals surface area contributed by atoms with Gasteiger partial charge in [-0.15, -0.1) is 0 Å². The highest BCUT2D eigenvalue weighted by molar-refractivity contribution is 7.00. The SMILES string of the molecule is CC(C)(C)c1ccc(N2c3ccc(C(C)(C)C)cc3B3c4cc5oc6ccccc6c5c(-n5c6ccccc6c6cc7ccccc7cc65)c4N(c4ccc(C(C)(C)C)cc4)c4cc(C(C)(C)C)cc2c43)cc1. The minimum atomic E-state index is -0.178. The molecule has 73 heavy (non-hydrogen) atoms. The third-order valence-corrected chi connectivity index (χ3v) is 16.1. The lowest BCUT2D eigenvalue weighted by Gasteiger charge is -2.46. The van der Waals surface area contributed by atoms with Crippen molar-refractivity contribution in [2.45, 2.75) is 105 Å². The molecule has 0 radical (unpaired) electrons. The van der Waals surface area contributed by atoms with Crippen LogP contribution in [0.2, 0.25) is 0 Å². The van der Waals surface area contributed by atoms with Crippen LogP contribution in [0.15, 0.2) is 174 Å². The van der Waals surface area contributed by atoms with Gasteiger partial charge in [0.2, 0.25) is 0 Å². The number of aromatic nitrogens is 1. The van der Waals surface area contributed by atoms with Crippen LogP contribution in [0.1, 0.15) is 105 Å². The Morgan fingerprint density at radius 2 is 0.904 bits per heavy atom. The first-order chi connectivity index (χ1) is 34.7. The Kier molecular flexibility index (Phi) is 9.64. The zero-order valence-electron chi connectivity index (χ0n) is 44.5. The third kappa shape index (κ3) is 6.94. The zero-order chi connectivity index (χ0) is 50.7. The van der Waals surface area contributed by atoms with Crippen LogP contribution in [-0.4, -0.2) is 11.3 Å². The van der Waals surface area contributed by atoms with Crippen molar-refractivity contribution in [3.8, 4) is 5.69 Å². The molecule has 0 amide bonds. The summed E-state index contributed by atoms with van der Waals surface area (Å²) in [6.45, 7) is 27.8. The van der Waals surface area contributed by atoms with Crippen LogP contribution < -0.4 is 26.2 Å². The Hall–Kier alpha value is -7.50. The number of anilines is 6. The van der Waals surface area contributed by atoms with Crippen molar-refractivity contribution in [2.24, 2.45) is 0 Å². The molecule has 0 atom stereocenters. The first kappa shape index (κ1) is 45.4. The number of nitrogens with zero attached hydrogens (tertiary/aromatic N) is 3. The molecule has 360 valence electrons. The number of furan rings is 1. The molecule has 2 aromatic heterocycles. The summed E-state index contributed by atoms with van der Waals surface area (Å²) < 4.78 is 9.78. The van der Waals surface area contributed by atoms with E-state index in [9.17, 15) is 0 Å². The lowest BCUT2D eigenvalue weighted by Crippen LogP contribution is -2.62. The lowest BCUT2D eigenvalue weighted by atomic mass is 9.33. The highest BCUT2D eigenvalue weighted by Crippen LogP contribution is 2.52. The van der Waals surface area contributed by atoms with Gasteiger partial charge in [0, 0.05) is 44.6 Å². The number of benzene rings is 9. The monoisotopic (exact) mass is 950 g/mol. The van der Waals surface area contributed by atoms with Crippen LogP contribution in [0.3, 0.4) is 0 Å². The van der Waals surface area contributed by atoms with Gasteiger partial charge in [0.25, 0.3) is 6.71 Å². The Morgan fingerprint density at radius 1 is 0.370 bits per heavy atom. The summed E-state index contributed by atoms with van der Waals surface area (Å²) in [7, 11) is 0. The molecule has 0 fully saturated rings. The van der Waals surface area contributed by atoms with Gasteiger partial charge in [0.05, 0.1) is 27.8 Å². The van der Waals surface area contributed by atoms with Gasteiger partial charge in [0.1, 0.15) is 11.2 Å². The predicted octanol–water partition coefficient (Wildman–Crippen LogP) is 17.1. The molecule has 2 aliphatic rings. The van der Waals surface area contributed by atoms with E-state index in [1.54, 1.807) is 0 Å². The van der Waals surface area contributed by atoms with Crippen LogP contribution >= 0.6 is 0 Å². The average Bonchev–Trinajstić information content (AvgIpc) is 3.88. The smallest absolute Gasteiger partial charge is 0.252 e. The molecule has 0 spiro atoms. The average molecular weight is 950 g/mol. The maximum Gasteiger partial charge on any atom is 0.252 e. The van der Waals surface area contributed by atoms with E-state index in [0.717, 1.165) is 44.5 Å². The van der Waals surface area contributed by atoms with Gasteiger partial charge in [0.15, 0.2) is 0 Å². The summed E-state index contributed by atoms with van der Waals surface area (Å²) in [4.78, 5) is 5.22. The van der Waals surface area contributed by atoms with E-state index in [4.69, 9.17) is 4.42 Å². The van der Waals surface area contributed by atoms with E-state index in [0.29, 0.717) is 0 Å². The third-order valence-electron chi connectivity index (χ3n) is 16.1. The minimum absolute atomic E-state index is 0.0201. The number of hydrogen-bond acceptors (Lipinski definition) is 3. The second-order valence-corrected chi connectivity index (χ2v) is 25.1. The summed E-state index contributed by atoms with van der Waals surface area (Å²) in [5, 5.41) is 7.11. The fourth-order valence-electron chi connectivity index (χ4n) is 12.1. The molecule has 11 aromatic rings. The molecule has 4 heterocycles. The van der Waals surface area contributed by atoms with Crippen LogP contribution in [0, 0.1) is 0 Å². The van der Waals surface area contributed by atoms with Crippen molar-refractivity contribution in [1.82, 2.24) is 4.57 Å².